The average Bonchev–Trinajstić information content (AvgIpc) is 2.83. The second-order valence-electron chi connectivity index (χ2n) is 4.06. The highest BCUT2D eigenvalue weighted by Gasteiger charge is 2.35. The summed E-state index contributed by atoms with van der Waals surface area (Å²) in [5.41, 5.74) is 2.45. The monoisotopic (exact) mass is 223 g/mol. The highest BCUT2D eigenvalue weighted by Crippen LogP contribution is 2.28. The van der Waals surface area contributed by atoms with Crippen LogP contribution in [0.5, 0.6) is 0 Å². The Labute approximate surface area is 92.3 Å². The number of nitrogens with zero attached hydrogens (tertiary/aromatic N) is 2. The van der Waals surface area contributed by atoms with E-state index in [1.807, 2.05) is 4.90 Å². The highest BCUT2D eigenvalue weighted by molar-refractivity contribution is 7.10. The van der Waals surface area contributed by atoms with Crippen molar-refractivity contribution in [2.75, 3.05) is 13.1 Å². The molecule has 2 aliphatic heterocycles. The van der Waals surface area contributed by atoms with Crippen molar-refractivity contribution in [1.82, 2.24) is 15.2 Å². The predicted octanol–water partition coefficient (Wildman–Crippen LogP) is 0.851. The van der Waals surface area contributed by atoms with Crippen molar-refractivity contribution in [3.8, 4) is 0 Å². The van der Waals surface area contributed by atoms with Gasteiger partial charge in [0.2, 0.25) is 0 Å². The first-order valence-corrected chi connectivity index (χ1v) is 6.18. The Morgan fingerprint density at radius 1 is 1.60 bits per heavy atom. The van der Waals surface area contributed by atoms with Crippen LogP contribution in [0.3, 0.4) is 0 Å². The minimum absolute atomic E-state index is 0.125. The van der Waals surface area contributed by atoms with E-state index >= 15 is 0 Å². The summed E-state index contributed by atoms with van der Waals surface area (Å²) in [6.07, 6.45) is 2.28. The maximum atomic E-state index is 12.0. The molecule has 0 radical (unpaired) electrons. The molecular formula is C10H13N3OS. The fraction of sp³-hybridized carbons (Fsp3) is 0.600. The molecule has 4 nitrogen and oxygen atoms in total. The molecule has 0 spiro atoms. The van der Waals surface area contributed by atoms with Crippen molar-refractivity contribution in [3.63, 3.8) is 0 Å². The van der Waals surface area contributed by atoms with Crippen LogP contribution in [0, 0.1) is 0 Å². The van der Waals surface area contributed by atoms with Crippen LogP contribution in [-0.2, 0) is 6.54 Å². The summed E-state index contributed by atoms with van der Waals surface area (Å²) in [6, 6.07) is 0.368. The van der Waals surface area contributed by atoms with Gasteiger partial charge in [-0.1, -0.05) is 0 Å². The maximum Gasteiger partial charge on any atom is 0.274 e. The van der Waals surface area contributed by atoms with Crippen molar-refractivity contribution in [1.29, 1.82) is 0 Å². The average molecular weight is 223 g/mol. The lowest BCUT2D eigenvalue weighted by atomic mass is 10.1. The summed E-state index contributed by atoms with van der Waals surface area (Å²) in [6.45, 7) is 2.78. The molecule has 0 saturated carbocycles. The van der Waals surface area contributed by atoms with Gasteiger partial charge in [-0.15, -0.1) is 11.3 Å². The summed E-state index contributed by atoms with van der Waals surface area (Å²) in [4.78, 5) is 19.2. The van der Waals surface area contributed by atoms with E-state index in [0.717, 1.165) is 37.4 Å². The SMILES string of the molecule is O=C1c2ncsc2CN1C1CCCNC1. The summed E-state index contributed by atoms with van der Waals surface area (Å²) in [5.74, 6) is 0.125. The molecule has 1 fully saturated rings. The first-order valence-electron chi connectivity index (χ1n) is 5.30. The number of thiazole rings is 1. The van der Waals surface area contributed by atoms with Crippen molar-refractivity contribution in [3.05, 3.63) is 16.1 Å². The molecule has 1 atom stereocenters. The van der Waals surface area contributed by atoms with Gasteiger partial charge in [0.1, 0.15) is 5.69 Å². The first kappa shape index (κ1) is 9.30. The Hall–Kier alpha value is -0.940. The Bertz CT molecular complexity index is 384. The zero-order valence-electron chi connectivity index (χ0n) is 8.40. The van der Waals surface area contributed by atoms with E-state index in [2.05, 4.69) is 10.3 Å². The van der Waals surface area contributed by atoms with Gasteiger partial charge in [0.25, 0.3) is 5.91 Å². The maximum absolute atomic E-state index is 12.0. The van der Waals surface area contributed by atoms with Crippen LogP contribution < -0.4 is 5.32 Å². The molecule has 1 amide bonds. The number of piperidine rings is 1. The van der Waals surface area contributed by atoms with Gasteiger partial charge >= 0.3 is 0 Å². The largest absolute Gasteiger partial charge is 0.328 e. The molecule has 1 unspecified atom stereocenters. The van der Waals surface area contributed by atoms with Gasteiger partial charge in [0.05, 0.1) is 16.9 Å². The van der Waals surface area contributed by atoms with Crippen LogP contribution in [0.15, 0.2) is 5.51 Å². The third-order valence-electron chi connectivity index (χ3n) is 3.13. The second kappa shape index (κ2) is 3.57. The standard InChI is InChI=1S/C10H13N3OS/c14-10-9-8(15-6-12-9)5-13(10)7-2-1-3-11-4-7/h6-7,11H,1-5H2. The van der Waals surface area contributed by atoms with E-state index in [4.69, 9.17) is 0 Å². The van der Waals surface area contributed by atoms with E-state index in [1.54, 1.807) is 16.8 Å². The normalized spacial score (nSPS) is 25.7. The number of carbonyl (C=O) groups excluding carboxylic acids is 1. The highest BCUT2D eigenvalue weighted by atomic mass is 32.1. The Morgan fingerprint density at radius 2 is 2.53 bits per heavy atom. The lowest BCUT2D eigenvalue weighted by Crippen LogP contribution is -2.46. The van der Waals surface area contributed by atoms with Gasteiger partial charge in [-0.3, -0.25) is 4.79 Å². The van der Waals surface area contributed by atoms with Crippen LogP contribution in [-0.4, -0.2) is 34.9 Å². The smallest absolute Gasteiger partial charge is 0.274 e. The molecule has 1 saturated heterocycles. The minimum Gasteiger partial charge on any atom is -0.328 e. The number of nitrogens with one attached hydrogen (secondary N) is 1. The Morgan fingerprint density at radius 3 is 3.27 bits per heavy atom. The molecule has 3 rings (SSSR count). The summed E-state index contributed by atoms with van der Waals surface area (Å²) >= 11 is 1.59. The Balaban J connectivity index is 1.80. The van der Waals surface area contributed by atoms with E-state index in [1.165, 1.54) is 0 Å². The number of rotatable bonds is 1. The molecule has 0 aromatic carbocycles. The van der Waals surface area contributed by atoms with Gasteiger partial charge in [-0.05, 0) is 19.4 Å². The number of aromatic nitrogens is 1. The van der Waals surface area contributed by atoms with Gasteiger partial charge in [-0.2, -0.15) is 0 Å². The van der Waals surface area contributed by atoms with E-state index in [-0.39, 0.29) is 5.91 Å². The lowest BCUT2D eigenvalue weighted by Gasteiger charge is -2.31. The van der Waals surface area contributed by atoms with Crippen molar-refractivity contribution in [2.45, 2.75) is 25.4 Å². The number of fused-ring (bicyclic) bond motifs is 1. The second-order valence-corrected chi connectivity index (χ2v) is 5.00. The van der Waals surface area contributed by atoms with Crippen molar-refractivity contribution >= 4 is 17.2 Å². The van der Waals surface area contributed by atoms with Crippen molar-refractivity contribution < 1.29 is 4.79 Å². The molecule has 3 heterocycles. The molecule has 80 valence electrons. The molecule has 1 aromatic rings. The summed E-state index contributed by atoms with van der Waals surface area (Å²) < 4.78 is 0. The van der Waals surface area contributed by atoms with Crippen LogP contribution in [0.2, 0.25) is 0 Å². The number of amides is 1. The third kappa shape index (κ3) is 1.46. The number of hydrogen-bond acceptors (Lipinski definition) is 4. The van der Waals surface area contributed by atoms with Gasteiger partial charge in [0, 0.05) is 12.6 Å². The summed E-state index contributed by atoms with van der Waals surface area (Å²) in [5, 5.41) is 3.34. The molecule has 1 aromatic heterocycles. The zero-order chi connectivity index (χ0) is 10.3. The molecule has 2 aliphatic rings. The minimum atomic E-state index is 0.125. The molecule has 0 aliphatic carbocycles. The number of carbonyl (C=O) groups is 1. The van der Waals surface area contributed by atoms with E-state index in [0.29, 0.717) is 11.7 Å². The van der Waals surface area contributed by atoms with Crippen LogP contribution >= 0.6 is 11.3 Å². The van der Waals surface area contributed by atoms with Gasteiger partial charge in [0.15, 0.2) is 0 Å². The summed E-state index contributed by atoms with van der Waals surface area (Å²) in [7, 11) is 0. The third-order valence-corrected chi connectivity index (χ3v) is 3.95. The molecule has 15 heavy (non-hydrogen) atoms. The zero-order valence-corrected chi connectivity index (χ0v) is 9.22. The fourth-order valence-electron chi connectivity index (χ4n) is 2.31. The molecule has 0 bridgehead atoms. The molecule has 5 heteroatoms. The first-order chi connectivity index (χ1) is 7.36. The molecule has 1 N–H and O–H groups in total. The van der Waals surface area contributed by atoms with Gasteiger partial charge in [-0.25, -0.2) is 4.98 Å². The van der Waals surface area contributed by atoms with Crippen molar-refractivity contribution in [2.24, 2.45) is 0 Å². The van der Waals surface area contributed by atoms with Crippen LogP contribution in [0.25, 0.3) is 0 Å². The number of hydrogen-bond donors (Lipinski definition) is 1. The van der Waals surface area contributed by atoms with Crippen LogP contribution in [0.4, 0.5) is 0 Å². The topological polar surface area (TPSA) is 45.2 Å². The predicted molar refractivity (Wildman–Crippen MR) is 57.9 cm³/mol. The van der Waals surface area contributed by atoms with E-state index in [9.17, 15) is 4.79 Å². The van der Waals surface area contributed by atoms with E-state index < -0.39 is 0 Å². The fourth-order valence-corrected chi connectivity index (χ4v) is 3.06. The molecular weight excluding hydrogens is 210 g/mol. The van der Waals surface area contributed by atoms with Crippen LogP contribution in [0.1, 0.15) is 28.2 Å². The quantitative estimate of drug-likeness (QED) is 0.767. The van der Waals surface area contributed by atoms with Gasteiger partial charge < -0.3 is 10.2 Å². The Kier molecular flexibility index (Phi) is 2.21. The lowest BCUT2D eigenvalue weighted by molar-refractivity contribution is 0.0671.